The molecule has 24 heavy (non-hydrogen) atoms. The molecule has 4 rings (SSSR count). The molecule has 1 aromatic carbocycles. The molecule has 1 amide bonds. The maximum Gasteiger partial charge on any atom is 0.258 e. The summed E-state index contributed by atoms with van der Waals surface area (Å²) in [5.41, 5.74) is 1.45. The normalized spacial score (nSPS) is 24.7. The third-order valence-corrected chi connectivity index (χ3v) is 5.10. The number of hydrogen-bond acceptors (Lipinski definition) is 4. The van der Waals surface area contributed by atoms with Crippen molar-refractivity contribution in [1.29, 1.82) is 0 Å². The van der Waals surface area contributed by atoms with Gasteiger partial charge in [-0.25, -0.2) is 0 Å². The van der Waals surface area contributed by atoms with E-state index in [9.17, 15) is 9.90 Å². The summed E-state index contributed by atoms with van der Waals surface area (Å²) in [5.74, 6) is 1.80. The van der Waals surface area contributed by atoms with Gasteiger partial charge in [-0.3, -0.25) is 4.79 Å². The summed E-state index contributed by atoms with van der Waals surface area (Å²) in [6.07, 6.45) is -0.249. The molecule has 0 spiro atoms. The van der Waals surface area contributed by atoms with Crippen LogP contribution in [0.1, 0.15) is 33.5 Å². The Balaban J connectivity index is 1.75. The largest absolute Gasteiger partial charge is 0.487 e. The van der Waals surface area contributed by atoms with Gasteiger partial charge in [0.1, 0.15) is 23.4 Å². The number of carbonyl (C=O) groups is 1. The monoisotopic (exact) mass is 347 g/mol. The minimum absolute atomic E-state index is 0.0317. The first-order valence-electron chi connectivity index (χ1n) is 7.94. The molecule has 0 radical (unpaired) electrons. The molecule has 3 heterocycles. The molecule has 2 aliphatic heterocycles. The number of benzene rings is 1. The SMILES string of the molecule is Cc1cc(C(=O)N2C[C@@H](CO)[C@@H]3Oc4ccc(Cl)cc4[C@@H]32)c(C)o1. The molecule has 0 aliphatic carbocycles. The number of halogens is 1. The summed E-state index contributed by atoms with van der Waals surface area (Å²) < 4.78 is 11.5. The zero-order valence-corrected chi connectivity index (χ0v) is 14.2. The first-order chi connectivity index (χ1) is 11.5. The van der Waals surface area contributed by atoms with E-state index in [4.69, 9.17) is 20.8 Å². The fraction of sp³-hybridized carbons (Fsp3) is 0.389. The number of aliphatic hydroxyl groups excluding tert-OH is 1. The molecule has 5 nitrogen and oxygen atoms in total. The van der Waals surface area contributed by atoms with Crippen LogP contribution in [0.2, 0.25) is 5.02 Å². The van der Waals surface area contributed by atoms with E-state index >= 15 is 0 Å². The maximum absolute atomic E-state index is 13.1. The van der Waals surface area contributed by atoms with Crippen molar-refractivity contribution in [2.24, 2.45) is 5.92 Å². The van der Waals surface area contributed by atoms with E-state index in [2.05, 4.69) is 0 Å². The van der Waals surface area contributed by atoms with Crippen LogP contribution in [0, 0.1) is 19.8 Å². The third kappa shape index (κ3) is 2.23. The van der Waals surface area contributed by atoms with Crippen LogP contribution in [-0.4, -0.2) is 35.2 Å². The lowest BCUT2D eigenvalue weighted by molar-refractivity contribution is 0.0703. The molecular weight excluding hydrogens is 330 g/mol. The Labute approximate surface area is 144 Å². The fourth-order valence-corrected chi connectivity index (χ4v) is 3.96. The Morgan fingerprint density at radius 3 is 2.83 bits per heavy atom. The van der Waals surface area contributed by atoms with Crippen LogP contribution >= 0.6 is 11.6 Å². The maximum atomic E-state index is 13.1. The van der Waals surface area contributed by atoms with Gasteiger partial charge in [-0.15, -0.1) is 0 Å². The zero-order chi connectivity index (χ0) is 17.0. The van der Waals surface area contributed by atoms with Gasteiger partial charge in [-0.05, 0) is 38.1 Å². The van der Waals surface area contributed by atoms with Gasteiger partial charge in [0.2, 0.25) is 0 Å². The Bertz CT molecular complexity index is 815. The number of likely N-dealkylation sites (tertiary alicyclic amines) is 1. The molecule has 1 saturated heterocycles. The lowest BCUT2D eigenvalue weighted by Gasteiger charge is -2.23. The smallest absolute Gasteiger partial charge is 0.258 e. The van der Waals surface area contributed by atoms with E-state index in [-0.39, 0.29) is 30.6 Å². The number of ether oxygens (including phenoxy) is 1. The molecule has 126 valence electrons. The van der Waals surface area contributed by atoms with E-state index in [1.807, 2.05) is 19.1 Å². The summed E-state index contributed by atoms with van der Waals surface area (Å²) in [5, 5.41) is 10.3. The van der Waals surface area contributed by atoms with Crippen LogP contribution in [0.25, 0.3) is 0 Å². The number of fused-ring (bicyclic) bond motifs is 3. The van der Waals surface area contributed by atoms with E-state index in [1.165, 1.54) is 0 Å². The first kappa shape index (κ1) is 15.5. The number of aryl methyl sites for hydroxylation is 2. The average molecular weight is 348 g/mol. The number of hydrogen-bond donors (Lipinski definition) is 1. The van der Waals surface area contributed by atoms with Gasteiger partial charge >= 0.3 is 0 Å². The second-order valence-electron chi connectivity index (χ2n) is 6.44. The molecule has 6 heteroatoms. The van der Waals surface area contributed by atoms with Gasteiger partial charge in [-0.1, -0.05) is 11.6 Å². The van der Waals surface area contributed by atoms with Crippen LogP contribution in [0.3, 0.4) is 0 Å². The van der Waals surface area contributed by atoms with Crippen molar-refractivity contribution in [1.82, 2.24) is 4.90 Å². The van der Waals surface area contributed by atoms with Crippen molar-refractivity contribution in [3.05, 3.63) is 51.9 Å². The summed E-state index contributed by atoms with van der Waals surface area (Å²) in [7, 11) is 0. The second kappa shape index (κ2) is 5.53. The Morgan fingerprint density at radius 2 is 2.17 bits per heavy atom. The predicted octanol–water partition coefficient (Wildman–Crippen LogP) is 3.12. The average Bonchev–Trinajstić information content (AvgIpc) is 3.18. The highest BCUT2D eigenvalue weighted by atomic mass is 35.5. The quantitative estimate of drug-likeness (QED) is 0.906. The number of rotatable bonds is 2. The molecular formula is C18H18ClNO4. The Hall–Kier alpha value is -1.98. The lowest BCUT2D eigenvalue weighted by atomic mass is 9.99. The summed E-state index contributed by atoms with van der Waals surface area (Å²) in [6.45, 7) is 4.02. The highest BCUT2D eigenvalue weighted by molar-refractivity contribution is 6.30. The summed E-state index contributed by atoms with van der Waals surface area (Å²) >= 11 is 6.13. The molecule has 1 fully saturated rings. The van der Waals surface area contributed by atoms with Crippen LogP contribution in [-0.2, 0) is 0 Å². The van der Waals surface area contributed by atoms with Crippen LogP contribution in [0.5, 0.6) is 5.75 Å². The van der Waals surface area contributed by atoms with E-state index in [0.29, 0.717) is 28.7 Å². The third-order valence-electron chi connectivity index (χ3n) is 4.86. The number of carbonyl (C=O) groups excluding carboxylic acids is 1. The number of nitrogens with zero attached hydrogens (tertiary/aromatic N) is 1. The van der Waals surface area contributed by atoms with Crippen molar-refractivity contribution in [2.75, 3.05) is 13.2 Å². The highest BCUT2D eigenvalue weighted by Crippen LogP contribution is 2.48. The lowest BCUT2D eigenvalue weighted by Crippen LogP contribution is -2.32. The topological polar surface area (TPSA) is 62.9 Å². The molecule has 1 aromatic heterocycles. The van der Waals surface area contributed by atoms with Crippen LogP contribution in [0.4, 0.5) is 0 Å². The predicted molar refractivity (Wildman–Crippen MR) is 88.4 cm³/mol. The number of amides is 1. The second-order valence-corrected chi connectivity index (χ2v) is 6.87. The van der Waals surface area contributed by atoms with Gasteiger partial charge in [0.15, 0.2) is 0 Å². The molecule has 1 N–H and O–H groups in total. The standard InChI is InChI=1S/C18H18ClNO4/c1-9-5-13(10(2)23-9)18(22)20-7-11(8-21)17-16(20)14-6-12(19)3-4-15(14)24-17/h3-6,11,16-17,21H,7-8H2,1-2H3/t11-,16-,17-/m0/s1. The number of aliphatic hydroxyl groups is 1. The van der Waals surface area contributed by atoms with Crippen LogP contribution in [0.15, 0.2) is 28.7 Å². The molecule has 0 unspecified atom stereocenters. The van der Waals surface area contributed by atoms with Crippen molar-refractivity contribution in [3.8, 4) is 5.75 Å². The van der Waals surface area contributed by atoms with Crippen molar-refractivity contribution < 1.29 is 19.1 Å². The summed E-state index contributed by atoms with van der Waals surface area (Å²) in [6, 6.07) is 6.95. The van der Waals surface area contributed by atoms with Crippen molar-refractivity contribution >= 4 is 17.5 Å². The molecule has 3 atom stereocenters. The van der Waals surface area contributed by atoms with Crippen molar-refractivity contribution in [3.63, 3.8) is 0 Å². The van der Waals surface area contributed by atoms with E-state index < -0.39 is 0 Å². The minimum Gasteiger partial charge on any atom is -0.487 e. The molecule has 2 aliphatic rings. The molecule has 0 bridgehead atoms. The fourth-order valence-electron chi connectivity index (χ4n) is 3.78. The van der Waals surface area contributed by atoms with Crippen LogP contribution < -0.4 is 4.74 Å². The zero-order valence-electron chi connectivity index (χ0n) is 13.5. The Kier molecular flexibility index (Phi) is 3.58. The van der Waals surface area contributed by atoms with E-state index in [1.54, 1.807) is 24.0 Å². The highest BCUT2D eigenvalue weighted by Gasteiger charge is 2.51. The van der Waals surface area contributed by atoms with Gasteiger partial charge in [0, 0.05) is 23.0 Å². The van der Waals surface area contributed by atoms with Gasteiger partial charge < -0.3 is 19.2 Å². The van der Waals surface area contributed by atoms with E-state index in [0.717, 1.165) is 11.3 Å². The minimum atomic E-state index is -0.249. The molecule has 0 saturated carbocycles. The first-order valence-corrected chi connectivity index (χ1v) is 8.32. The number of furan rings is 1. The molecule has 2 aromatic rings. The van der Waals surface area contributed by atoms with Gasteiger partial charge in [0.05, 0.1) is 18.2 Å². The summed E-state index contributed by atoms with van der Waals surface area (Å²) in [4.78, 5) is 14.8. The van der Waals surface area contributed by atoms with Gasteiger partial charge in [-0.2, -0.15) is 0 Å². The van der Waals surface area contributed by atoms with Crippen molar-refractivity contribution in [2.45, 2.75) is 26.0 Å². The van der Waals surface area contributed by atoms with Gasteiger partial charge in [0.25, 0.3) is 5.91 Å². The Morgan fingerprint density at radius 1 is 1.38 bits per heavy atom.